The van der Waals surface area contributed by atoms with Gasteiger partial charge in [0.2, 0.25) is 17.7 Å². The summed E-state index contributed by atoms with van der Waals surface area (Å²) in [5, 5.41) is 15.8. The molecular weight excluding hydrogens is 422 g/mol. The molecule has 1 aliphatic heterocycles. The Morgan fingerprint density at radius 3 is 2.39 bits per heavy atom. The van der Waals surface area contributed by atoms with Crippen molar-refractivity contribution in [2.24, 2.45) is 29.6 Å². The van der Waals surface area contributed by atoms with Crippen LogP contribution in [0.3, 0.4) is 0 Å². The number of rotatable bonds is 8. The van der Waals surface area contributed by atoms with E-state index < -0.39 is 29.8 Å². The second-order valence-corrected chi connectivity index (χ2v) is 9.03. The highest BCUT2D eigenvalue weighted by molar-refractivity contribution is 6.02. The van der Waals surface area contributed by atoms with Crippen LogP contribution >= 0.6 is 0 Å². The molecule has 2 aliphatic rings. The summed E-state index contributed by atoms with van der Waals surface area (Å²) in [5.74, 6) is -1.99. The van der Waals surface area contributed by atoms with Gasteiger partial charge in [-0.05, 0) is 36.1 Å². The van der Waals surface area contributed by atoms with Crippen molar-refractivity contribution < 1.29 is 24.2 Å². The van der Waals surface area contributed by atoms with E-state index in [0.717, 1.165) is 6.42 Å². The van der Waals surface area contributed by atoms with Crippen molar-refractivity contribution in [1.29, 1.82) is 0 Å². The van der Waals surface area contributed by atoms with Crippen LogP contribution in [0, 0.1) is 29.6 Å². The van der Waals surface area contributed by atoms with E-state index in [-0.39, 0.29) is 36.2 Å². The summed E-state index contributed by atoms with van der Waals surface area (Å²) in [7, 11) is 3.13. The number of hydrogen-bond acceptors (Lipinski definition) is 5. The number of allylic oxidation sites excluding steroid dienone is 1. The number of amides is 3. The van der Waals surface area contributed by atoms with E-state index in [2.05, 4.69) is 10.6 Å². The Bertz CT molecular complexity index is 900. The summed E-state index contributed by atoms with van der Waals surface area (Å²) >= 11 is 0. The average Bonchev–Trinajstić information content (AvgIpc) is 3.11. The van der Waals surface area contributed by atoms with Crippen LogP contribution in [0.25, 0.3) is 0 Å². The van der Waals surface area contributed by atoms with E-state index in [9.17, 15) is 19.5 Å². The summed E-state index contributed by atoms with van der Waals surface area (Å²) in [4.78, 5) is 41.7. The van der Waals surface area contributed by atoms with Gasteiger partial charge >= 0.3 is 0 Å². The topological polar surface area (TPSA) is 108 Å². The number of likely N-dealkylation sites (tertiary alicyclic amines) is 1. The molecule has 1 aromatic carbocycles. The molecule has 0 saturated carbocycles. The van der Waals surface area contributed by atoms with Gasteiger partial charge in [-0.3, -0.25) is 14.4 Å². The number of anilines is 1. The zero-order chi connectivity index (χ0) is 24.3. The quantitative estimate of drug-likeness (QED) is 0.518. The number of carbonyl (C=O) groups is 3. The number of nitrogens with zero attached hydrogens (tertiary/aromatic N) is 1. The Morgan fingerprint density at radius 2 is 1.85 bits per heavy atom. The third-order valence-corrected chi connectivity index (χ3v) is 7.23. The van der Waals surface area contributed by atoms with Gasteiger partial charge in [0.15, 0.2) is 0 Å². The molecule has 1 heterocycles. The number of nitrogens with one attached hydrogen (secondary N) is 2. The van der Waals surface area contributed by atoms with Gasteiger partial charge in [0.25, 0.3) is 0 Å². The minimum Gasteiger partial charge on any atom is -0.497 e. The van der Waals surface area contributed by atoms with Gasteiger partial charge in [-0.15, -0.1) is 0 Å². The smallest absolute Gasteiger partial charge is 0.247 e. The second kappa shape index (κ2) is 10.4. The third-order valence-electron chi connectivity index (χ3n) is 7.23. The summed E-state index contributed by atoms with van der Waals surface area (Å²) < 4.78 is 5.17. The van der Waals surface area contributed by atoms with Gasteiger partial charge in [0.05, 0.1) is 31.6 Å². The van der Waals surface area contributed by atoms with Gasteiger partial charge in [0, 0.05) is 18.7 Å². The molecule has 0 aromatic heterocycles. The third kappa shape index (κ3) is 4.62. The van der Waals surface area contributed by atoms with Gasteiger partial charge in [-0.2, -0.15) is 0 Å². The molecule has 1 aromatic rings. The molecule has 0 unspecified atom stereocenters. The van der Waals surface area contributed by atoms with E-state index in [0.29, 0.717) is 11.4 Å². The molecule has 1 fully saturated rings. The fraction of sp³-hybridized carbons (Fsp3) is 0.560. The molecule has 3 N–H and O–H groups in total. The minimum atomic E-state index is -0.827. The van der Waals surface area contributed by atoms with Crippen molar-refractivity contribution in [3.63, 3.8) is 0 Å². The number of carbonyl (C=O) groups excluding carboxylic acids is 3. The highest BCUT2D eigenvalue weighted by Crippen LogP contribution is 2.45. The normalized spacial score (nSPS) is 28.1. The number of methoxy groups -OCH3 is 1. The van der Waals surface area contributed by atoms with Gasteiger partial charge in [-0.1, -0.05) is 39.3 Å². The minimum absolute atomic E-state index is 0.0183. The molecule has 0 radical (unpaired) electrons. The van der Waals surface area contributed by atoms with Crippen LogP contribution in [-0.4, -0.2) is 60.6 Å². The van der Waals surface area contributed by atoms with Crippen molar-refractivity contribution in [1.82, 2.24) is 10.2 Å². The van der Waals surface area contributed by atoms with Crippen LogP contribution in [0.15, 0.2) is 36.4 Å². The van der Waals surface area contributed by atoms with E-state index in [1.54, 1.807) is 43.3 Å². The summed E-state index contributed by atoms with van der Waals surface area (Å²) in [5.41, 5.74) is 0.580. The van der Waals surface area contributed by atoms with Crippen molar-refractivity contribution in [2.45, 2.75) is 39.3 Å². The maximum absolute atomic E-state index is 13.8. The molecule has 0 bridgehead atoms. The van der Waals surface area contributed by atoms with Crippen molar-refractivity contribution in [2.75, 3.05) is 26.1 Å². The first-order valence-electron chi connectivity index (χ1n) is 11.6. The first-order valence-corrected chi connectivity index (χ1v) is 11.6. The van der Waals surface area contributed by atoms with E-state index in [1.165, 1.54) is 0 Å². The highest BCUT2D eigenvalue weighted by Gasteiger charge is 2.58. The van der Waals surface area contributed by atoms with Gasteiger partial charge in [-0.25, -0.2) is 0 Å². The monoisotopic (exact) mass is 457 g/mol. The summed E-state index contributed by atoms with van der Waals surface area (Å²) in [6.07, 6.45) is 4.56. The lowest BCUT2D eigenvalue weighted by atomic mass is 9.70. The lowest BCUT2D eigenvalue weighted by Gasteiger charge is -2.36. The molecule has 8 heteroatoms. The number of aliphatic hydroxyl groups excluding tert-OH is 1. The molecular formula is C25H35N3O5. The second-order valence-electron chi connectivity index (χ2n) is 9.03. The van der Waals surface area contributed by atoms with Crippen LogP contribution < -0.4 is 15.4 Å². The Hall–Kier alpha value is -2.87. The first kappa shape index (κ1) is 24.8. The zero-order valence-corrected chi connectivity index (χ0v) is 19.9. The van der Waals surface area contributed by atoms with E-state index >= 15 is 0 Å². The molecule has 0 spiro atoms. The van der Waals surface area contributed by atoms with Crippen LogP contribution in [0.2, 0.25) is 0 Å². The predicted molar refractivity (Wildman–Crippen MR) is 125 cm³/mol. The lowest BCUT2D eigenvalue weighted by Crippen LogP contribution is -2.52. The molecule has 180 valence electrons. The lowest BCUT2D eigenvalue weighted by molar-refractivity contribution is -0.143. The first-order chi connectivity index (χ1) is 15.8. The fourth-order valence-corrected chi connectivity index (χ4v) is 5.17. The van der Waals surface area contributed by atoms with Crippen LogP contribution in [0.1, 0.15) is 27.2 Å². The van der Waals surface area contributed by atoms with Crippen LogP contribution in [-0.2, 0) is 14.4 Å². The van der Waals surface area contributed by atoms with E-state index in [1.807, 2.05) is 32.9 Å². The average molecular weight is 458 g/mol. The standard InChI is InChI=1S/C25H35N3O5/c1-6-14(2)19(13-29)28-22(24(31)27-16-8-10-17(33-5)11-9-16)18-12-7-15(3)20(23(30)26-4)21(18)25(28)32/h7-12,14-15,18-22,29H,6,13H2,1-5H3,(H,26,30)(H,27,31)/t14-,15+,18-,19-,20+,21-,22-/m0/s1. The van der Waals surface area contributed by atoms with Crippen molar-refractivity contribution in [3.05, 3.63) is 36.4 Å². The Balaban J connectivity index is 2.02. The molecule has 7 atom stereocenters. The molecule has 8 nitrogen and oxygen atoms in total. The zero-order valence-electron chi connectivity index (χ0n) is 19.9. The molecule has 3 rings (SSSR count). The number of aliphatic hydroxyl groups is 1. The Labute approximate surface area is 195 Å². The number of fused-ring (bicyclic) bond motifs is 1. The van der Waals surface area contributed by atoms with Crippen molar-refractivity contribution in [3.8, 4) is 5.75 Å². The van der Waals surface area contributed by atoms with Crippen molar-refractivity contribution >= 4 is 23.4 Å². The molecule has 3 amide bonds. The number of ether oxygens (including phenoxy) is 1. The molecule has 1 saturated heterocycles. The summed E-state index contributed by atoms with van der Waals surface area (Å²) in [6.45, 7) is 5.61. The maximum atomic E-state index is 13.8. The maximum Gasteiger partial charge on any atom is 0.247 e. The van der Waals surface area contributed by atoms with E-state index in [4.69, 9.17) is 4.74 Å². The Kier molecular flexibility index (Phi) is 7.79. The van der Waals surface area contributed by atoms with Gasteiger partial charge in [0.1, 0.15) is 11.8 Å². The fourth-order valence-electron chi connectivity index (χ4n) is 5.17. The predicted octanol–water partition coefficient (Wildman–Crippen LogP) is 2.05. The number of benzene rings is 1. The number of hydrogen-bond donors (Lipinski definition) is 3. The summed E-state index contributed by atoms with van der Waals surface area (Å²) in [6, 6.07) is 5.62. The molecule has 33 heavy (non-hydrogen) atoms. The molecule has 1 aliphatic carbocycles. The van der Waals surface area contributed by atoms with Crippen LogP contribution in [0.5, 0.6) is 5.75 Å². The Morgan fingerprint density at radius 1 is 1.18 bits per heavy atom. The SMILES string of the molecule is CC[C@H](C)[C@H](CO)N1C(=O)[C@H]2[C@H](C=C[C@@H](C)[C@H]2C(=O)NC)[C@H]1C(=O)Nc1ccc(OC)cc1. The highest BCUT2D eigenvalue weighted by atomic mass is 16.5. The van der Waals surface area contributed by atoms with Crippen LogP contribution in [0.4, 0.5) is 5.69 Å². The largest absolute Gasteiger partial charge is 0.497 e. The van der Waals surface area contributed by atoms with Gasteiger partial charge < -0.3 is 25.4 Å².